The number of rotatable bonds is 1. The normalized spacial score (nSPS) is 20.8. The predicted molar refractivity (Wildman–Crippen MR) is 56.5 cm³/mol. The van der Waals surface area contributed by atoms with Crippen LogP contribution < -0.4 is 5.73 Å². The van der Waals surface area contributed by atoms with Crippen molar-refractivity contribution in [2.24, 2.45) is 5.73 Å². The van der Waals surface area contributed by atoms with Gasteiger partial charge in [-0.15, -0.1) is 0 Å². The summed E-state index contributed by atoms with van der Waals surface area (Å²) in [5, 5.41) is 0. The van der Waals surface area contributed by atoms with Gasteiger partial charge in [0.05, 0.1) is 0 Å². The largest absolute Gasteiger partial charge is 0.326 e. The van der Waals surface area contributed by atoms with Crippen molar-refractivity contribution in [3.8, 4) is 0 Å². The van der Waals surface area contributed by atoms with Crippen LogP contribution in [0.15, 0.2) is 30.3 Å². The van der Waals surface area contributed by atoms with Crippen LogP contribution >= 0.6 is 0 Å². The van der Waals surface area contributed by atoms with Crippen LogP contribution in [0.3, 0.4) is 0 Å². The van der Waals surface area contributed by atoms with Gasteiger partial charge in [-0.05, 0) is 29.0 Å². The standard InChI is InChI=1S/C12H15N/c1-9-6-7-10(8-13)12-5-3-2-4-11(9)12/h2-5,7,9H,6,8,13H2,1H3. The molecule has 1 atom stereocenters. The van der Waals surface area contributed by atoms with Crippen LogP contribution in [-0.4, -0.2) is 6.54 Å². The lowest BCUT2D eigenvalue weighted by Crippen LogP contribution is -2.10. The average molecular weight is 173 g/mol. The lowest BCUT2D eigenvalue weighted by Gasteiger charge is -2.21. The summed E-state index contributed by atoms with van der Waals surface area (Å²) in [7, 11) is 0. The van der Waals surface area contributed by atoms with Crippen LogP contribution in [0.25, 0.3) is 5.57 Å². The Kier molecular flexibility index (Phi) is 2.19. The molecule has 0 bridgehead atoms. The first-order valence-electron chi connectivity index (χ1n) is 4.81. The first kappa shape index (κ1) is 8.52. The molecule has 0 saturated heterocycles. The molecule has 0 fully saturated rings. The Hall–Kier alpha value is -1.08. The van der Waals surface area contributed by atoms with E-state index in [9.17, 15) is 0 Å². The highest BCUT2D eigenvalue weighted by atomic mass is 14.5. The molecule has 0 saturated carbocycles. The van der Waals surface area contributed by atoms with Gasteiger partial charge in [-0.25, -0.2) is 0 Å². The Labute approximate surface area is 79.3 Å². The number of hydrogen-bond acceptors (Lipinski definition) is 1. The summed E-state index contributed by atoms with van der Waals surface area (Å²) < 4.78 is 0. The molecule has 1 aliphatic rings. The van der Waals surface area contributed by atoms with Crippen LogP contribution in [0.4, 0.5) is 0 Å². The molecule has 1 aromatic carbocycles. The van der Waals surface area contributed by atoms with Gasteiger partial charge in [-0.3, -0.25) is 0 Å². The fourth-order valence-electron chi connectivity index (χ4n) is 1.97. The topological polar surface area (TPSA) is 26.0 Å². The quantitative estimate of drug-likeness (QED) is 0.694. The monoisotopic (exact) mass is 173 g/mol. The smallest absolute Gasteiger partial charge is 0.0181 e. The molecule has 0 amide bonds. The Morgan fingerprint density at radius 1 is 1.38 bits per heavy atom. The van der Waals surface area contributed by atoms with Gasteiger partial charge in [0.2, 0.25) is 0 Å². The fourth-order valence-corrected chi connectivity index (χ4v) is 1.97. The van der Waals surface area contributed by atoms with Crippen LogP contribution in [-0.2, 0) is 0 Å². The molecule has 68 valence electrons. The number of hydrogen-bond donors (Lipinski definition) is 1. The molecule has 0 aliphatic heterocycles. The first-order valence-corrected chi connectivity index (χ1v) is 4.81. The van der Waals surface area contributed by atoms with Crippen LogP contribution in [0, 0.1) is 0 Å². The van der Waals surface area contributed by atoms with E-state index in [1.807, 2.05) is 0 Å². The molecule has 1 aromatic rings. The third-order valence-corrected chi connectivity index (χ3v) is 2.78. The zero-order chi connectivity index (χ0) is 9.26. The summed E-state index contributed by atoms with van der Waals surface area (Å²) in [6, 6.07) is 8.57. The lowest BCUT2D eigenvalue weighted by atomic mass is 9.84. The van der Waals surface area contributed by atoms with Crippen molar-refractivity contribution in [2.45, 2.75) is 19.3 Å². The summed E-state index contributed by atoms with van der Waals surface area (Å²) in [5.41, 5.74) is 9.80. The van der Waals surface area contributed by atoms with Crippen molar-refractivity contribution < 1.29 is 0 Å². The molecule has 1 unspecified atom stereocenters. The number of nitrogens with two attached hydrogens (primary N) is 1. The van der Waals surface area contributed by atoms with Gasteiger partial charge in [-0.2, -0.15) is 0 Å². The van der Waals surface area contributed by atoms with E-state index in [-0.39, 0.29) is 0 Å². The molecule has 0 aromatic heterocycles. The highest BCUT2D eigenvalue weighted by molar-refractivity contribution is 5.71. The highest BCUT2D eigenvalue weighted by Gasteiger charge is 2.15. The molecular weight excluding hydrogens is 158 g/mol. The maximum Gasteiger partial charge on any atom is 0.0181 e. The average Bonchev–Trinajstić information content (AvgIpc) is 2.19. The zero-order valence-corrected chi connectivity index (χ0v) is 7.96. The van der Waals surface area contributed by atoms with E-state index in [1.54, 1.807) is 0 Å². The second-order valence-corrected chi connectivity index (χ2v) is 3.66. The second kappa shape index (κ2) is 3.35. The Bertz CT molecular complexity index is 339. The molecule has 1 aliphatic carbocycles. The molecule has 0 spiro atoms. The minimum absolute atomic E-state index is 0.645. The third kappa shape index (κ3) is 1.40. The van der Waals surface area contributed by atoms with Gasteiger partial charge in [-0.1, -0.05) is 37.3 Å². The molecule has 1 heteroatoms. The number of fused-ring (bicyclic) bond motifs is 1. The van der Waals surface area contributed by atoms with Gasteiger partial charge < -0.3 is 5.73 Å². The molecule has 2 N–H and O–H groups in total. The van der Waals surface area contributed by atoms with E-state index in [4.69, 9.17) is 5.73 Å². The SMILES string of the molecule is CC1CC=C(CN)c2ccccc21. The molecule has 2 rings (SSSR count). The number of allylic oxidation sites excluding steroid dienone is 1. The summed E-state index contributed by atoms with van der Waals surface area (Å²) in [5.74, 6) is 0.645. The fraction of sp³-hybridized carbons (Fsp3) is 0.333. The molecular formula is C12H15N. The summed E-state index contributed by atoms with van der Waals surface area (Å²) in [4.78, 5) is 0. The van der Waals surface area contributed by atoms with Gasteiger partial charge >= 0.3 is 0 Å². The molecule has 13 heavy (non-hydrogen) atoms. The van der Waals surface area contributed by atoms with Gasteiger partial charge in [0.1, 0.15) is 0 Å². The van der Waals surface area contributed by atoms with Crippen molar-refractivity contribution in [2.75, 3.05) is 6.54 Å². The highest BCUT2D eigenvalue weighted by Crippen LogP contribution is 2.33. The minimum Gasteiger partial charge on any atom is -0.326 e. The Morgan fingerprint density at radius 3 is 2.92 bits per heavy atom. The van der Waals surface area contributed by atoms with Crippen molar-refractivity contribution in [3.05, 3.63) is 41.5 Å². The maximum atomic E-state index is 5.70. The Morgan fingerprint density at radius 2 is 2.15 bits per heavy atom. The van der Waals surface area contributed by atoms with Crippen molar-refractivity contribution in [1.29, 1.82) is 0 Å². The third-order valence-electron chi connectivity index (χ3n) is 2.78. The molecule has 1 nitrogen and oxygen atoms in total. The van der Waals surface area contributed by atoms with E-state index in [1.165, 1.54) is 16.7 Å². The summed E-state index contributed by atoms with van der Waals surface area (Å²) >= 11 is 0. The van der Waals surface area contributed by atoms with E-state index >= 15 is 0 Å². The second-order valence-electron chi connectivity index (χ2n) is 3.66. The minimum atomic E-state index is 0.645. The van der Waals surface area contributed by atoms with Crippen LogP contribution in [0.1, 0.15) is 30.4 Å². The van der Waals surface area contributed by atoms with E-state index < -0.39 is 0 Å². The van der Waals surface area contributed by atoms with E-state index in [0.717, 1.165) is 6.42 Å². The molecule has 0 radical (unpaired) electrons. The van der Waals surface area contributed by atoms with Crippen LogP contribution in [0.2, 0.25) is 0 Å². The maximum absolute atomic E-state index is 5.70. The van der Waals surface area contributed by atoms with Crippen molar-refractivity contribution >= 4 is 5.57 Å². The zero-order valence-electron chi connectivity index (χ0n) is 7.96. The Balaban J connectivity index is 2.52. The summed E-state index contributed by atoms with van der Waals surface area (Å²) in [6.45, 7) is 2.92. The van der Waals surface area contributed by atoms with Crippen molar-refractivity contribution in [1.82, 2.24) is 0 Å². The van der Waals surface area contributed by atoms with Crippen molar-refractivity contribution in [3.63, 3.8) is 0 Å². The molecule has 0 heterocycles. The van der Waals surface area contributed by atoms with Gasteiger partial charge in [0, 0.05) is 6.54 Å². The lowest BCUT2D eigenvalue weighted by molar-refractivity contribution is 0.765. The van der Waals surface area contributed by atoms with E-state index in [0.29, 0.717) is 12.5 Å². The van der Waals surface area contributed by atoms with Gasteiger partial charge in [0.15, 0.2) is 0 Å². The van der Waals surface area contributed by atoms with E-state index in [2.05, 4.69) is 37.3 Å². The van der Waals surface area contributed by atoms with Gasteiger partial charge in [0.25, 0.3) is 0 Å². The predicted octanol–water partition coefficient (Wildman–Crippen LogP) is 2.54. The first-order chi connectivity index (χ1) is 6.33. The summed E-state index contributed by atoms with van der Waals surface area (Å²) in [6.07, 6.45) is 3.40. The number of benzene rings is 1. The van der Waals surface area contributed by atoms with Crippen LogP contribution in [0.5, 0.6) is 0 Å².